The molecule has 8 nitrogen and oxygen atoms in total. The summed E-state index contributed by atoms with van der Waals surface area (Å²) in [5.74, 6) is 0.387. The minimum atomic E-state index is -0.797. The van der Waals surface area contributed by atoms with Crippen LogP contribution < -0.4 is 20.1 Å². The fraction of sp³-hybridized carbons (Fsp3) is 0.192. The summed E-state index contributed by atoms with van der Waals surface area (Å²) < 4.78 is 15.1. The van der Waals surface area contributed by atoms with Gasteiger partial charge in [0.2, 0.25) is 0 Å². The summed E-state index contributed by atoms with van der Waals surface area (Å²) in [6.07, 6.45) is -0.797. The Morgan fingerprint density at radius 3 is 2.12 bits per heavy atom. The number of nitrogens with one attached hydrogen (secondary N) is 2. The number of anilines is 1. The van der Waals surface area contributed by atoms with Gasteiger partial charge in [-0.15, -0.1) is 0 Å². The second-order valence-electron chi connectivity index (χ2n) is 7.34. The lowest BCUT2D eigenvalue weighted by Gasteiger charge is -2.09. The molecule has 0 heterocycles. The van der Waals surface area contributed by atoms with Crippen LogP contribution in [0.1, 0.15) is 28.4 Å². The Morgan fingerprint density at radius 1 is 0.824 bits per heavy atom. The summed E-state index contributed by atoms with van der Waals surface area (Å²) in [5, 5.41) is 5.59. The number of rotatable bonds is 9. The number of benzene rings is 3. The van der Waals surface area contributed by atoms with E-state index >= 15 is 0 Å². The summed E-state index contributed by atoms with van der Waals surface area (Å²) in [6.45, 7) is 4.15. The molecule has 0 fully saturated rings. The number of aryl methyl sites for hydroxylation is 1. The predicted molar refractivity (Wildman–Crippen MR) is 127 cm³/mol. The highest BCUT2D eigenvalue weighted by molar-refractivity contribution is 6.04. The third-order valence-corrected chi connectivity index (χ3v) is 4.67. The molecule has 0 saturated heterocycles. The van der Waals surface area contributed by atoms with Crippen molar-refractivity contribution >= 4 is 23.7 Å². The number of hydrogen-bond donors (Lipinski definition) is 2. The summed E-state index contributed by atoms with van der Waals surface area (Å²) >= 11 is 0. The lowest BCUT2D eigenvalue weighted by atomic mass is 10.1. The molecule has 0 atom stereocenters. The van der Waals surface area contributed by atoms with Crippen molar-refractivity contribution < 1.29 is 28.6 Å². The Hall–Kier alpha value is -4.33. The van der Waals surface area contributed by atoms with Crippen LogP contribution in [0.5, 0.6) is 11.5 Å². The number of ether oxygens (including phenoxy) is 3. The molecule has 0 unspecified atom stereocenters. The molecule has 0 aliphatic carbocycles. The molecule has 34 heavy (non-hydrogen) atoms. The minimum absolute atomic E-state index is 0.0686. The molecule has 8 heteroatoms. The van der Waals surface area contributed by atoms with Gasteiger partial charge < -0.3 is 24.8 Å². The number of carbonyl (C=O) groups excluding carboxylic acids is 3. The van der Waals surface area contributed by atoms with Crippen molar-refractivity contribution in [3.63, 3.8) is 0 Å². The van der Waals surface area contributed by atoms with E-state index in [-0.39, 0.29) is 30.8 Å². The largest absolute Gasteiger partial charge is 0.513 e. The molecule has 2 amide bonds. The topological polar surface area (TPSA) is 103 Å². The third-order valence-electron chi connectivity index (χ3n) is 4.67. The van der Waals surface area contributed by atoms with Crippen LogP contribution in [-0.2, 0) is 16.1 Å². The average Bonchev–Trinajstić information content (AvgIpc) is 2.84. The molecule has 0 aliphatic rings. The van der Waals surface area contributed by atoms with E-state index in [1.165, 1.54) is 12.1 Å². The molecular weight excluding hydrogens is 436 g/mol. The van der Waals surface area contributed by atoms with Crippen molar-refractivity contribution in [2.24, 2.45) is 0 Å². The van der Waals surface area contributed by atoms with Gasteiger partial charge in [0.15, 0.2) is 6.61 Å². The first-order valence-corrected chi connectivity index (χ1v) is 10.7. The maximum Gasteiger partial charge on any atom is 0.513 e. The highest BCUT2D eigenvalue weighted by Gasteiger charge is 2.09. The average molecular weight is 463 g/mol. The van der Waals surface area contributed by atoms with Gasteiger partial charge in [-0.2, -0.15) is 0 Å². The summed E-state index contributed by atoms with van der Waals surface area (Å²) in [4.78, 5) is 35.8. The number of carbonyl (C=O) groups is 3. The van der Waals surface area contributed by atoms with Gasteiger partial charge in [-0.1, -0.05) is 29.8 Å². The van der Waals surface area contributed by atoms with Crippen LogP contribution in [0, 0.1) is 6.92 Å². The van der Waals surface area contributed by atoms with Crippen molar-refractivity contribution in [2.75, 3.05) is 18.5 Å². The number of amides is 2. The normalized spacial score (nSPS) is 10.2. The van der Waals surface area contributed by atoms with Gasteiger partial charge in [-0.3, -0.25) is 9.59 Å². The lowest BCUT2D eigenvalue weighted by molar-refractivity contribution is -0.123. The standard InChI is InChI=1S/C26H26N2O6/c1-3-32-26(31)34-23-14-8-20(9-15-23)25(30)28-21-10-6-19(7-11-21)16-27-24(29)17-33-22-12-4-18(2)5-13-22/h4-15H,3,16-17H2,1-2H3,(H,27,29)(H,28,30). The van der Waals surface area contributed by atoms with E-state index in [1.807, 2.05) is 43.3 Å². The second-order valence-corrected chi connectivity index (χ2v) is 7.34. The zero-order chi connectivity index (χ0) is 24.3. The fourth-order valence-electron chi connectivity index (χ4n) is 2.86. The van der Waals surface area contributed by atoms with Crippen LogP contribution in [0.3, 0.4) is 0 Å². The Labute approximate surface area is 197 Å². The first-order chi connectivity index (χ1) is 16.4. The molecule has 3 aromatic carbocycles. The van der Waals surface area contributed by atoms with Crippen molar-refractivity contribution in [3.8, 4) is 11.5 Å². The van der Waals surface area contributed by atoms with E-state index < -0.39 is 6.16 Å². The van der Waals surface area contributed by atoms with E-state index in [0.717, 1.165) is 11.1 Å². The Bertz CT molecular complexity index is 1110. The molecule has 0 radical (unpaired) electrons. The van der Waals surface area contributed by atoms with Gasteiger partial charge >= 0.3 is 6.16 Å². The number of hydrogen-bond acceptors (Lipinski definition) is 6. The van der Waals surface area contributed by atoms with Gasteiger partial charge in [-0.25, -0.2) is 4.79 Å². The van der Waals surface area contributed by atoms with Crippen molar-refractivity contribution in [3.05, 3.63) is 89.5 Å². The minimum Gasteiger partial charge on any atom is -0.484 e. The highest BCUT2D eigenvalue weighted by atomic mass is 16.7. The van der Waals surface area contributed by atoms with Crippen LogP contribution in [0.25, 0.3) is 0 Å². The maximum atomic E-state index is 12.4. The van der Waals surface area contributed by atoms with Crippen LogP contribution in [0.15, 0.2) is 72.8 Å². The summed E-state index contributed by atoms with van der Waals surface area (Å²) in [5.41, 5.74) is 3.01. The van der Waals surface area contributed by atoms with E-state index in [1.54, 1.807) is 31.2 Å². The Balaban J connectivity index is 1.43. The fourth-order valence-corrected chi connectivity index (χ4v) is 2.86. The first kappa shape index (κ1) is 24.3. The SMILES string of the molecule is CCOC(=O)Oc1ccc(C(=O)Nc2ccc(CNC(=O)COc3ccc(C)cc3)cc2)cc1. The molecule has 176 valence electrons. The lowest BCUT2D eigenvalue weighted by Crippen LogP contribution is -2.28. The van der Waals surface area contributed by atoms with Crippen molar-refractivity contribution in [1.29, 1.82) is 0 Å². The predicted octanol–water partition coefficient (Wildman–Crippen LogP) is 4.48. The van der Waals surface area contributed by atoms with Gasteiger partial charge in [0.25, 0.3) is 11.8 Å². The summed E-state index contributed by atoms with van der Waals surface area (Å²) in [6, 6.07) is 20.7. The van der Waals surface area contributed by atoms with Crippen LogP contribution in [0.4, 0.5) is 10.5 Å². The van der Waals surface area contributed by atoms with Crippen LogP contribution in [0.2, 0.25) is 0 Å². The zero-order valence-electron chi connectivity index (χ0n) is 19.0. The zero-order valence-corrected chi connectivity index (χ0v) is 19.0. The molecule has 2 N–H and O–H groups in total. The molecule has 3 rings (SSSR count). The van der Waals surface area contributed by atoms with Crippen LogP contribution >= 0.6 is 0 Å². The Morgan fingerprint density at radius 2 is 1.47 bits per heavy atom. The molecule has 0 spiro atoms. The van der Waals surface area contributed by atoms with Gasteiger partial charge in [0.1, 0.15) is 11.5 Å². The van der Waals surface area contributed by atoms with E-state index in [0.29, 0.717) is 23.5 Å². The molecule has 0 aliphatic heterocycles. The molecule has 0 aromatic heterocycles. The maximum absolute atomic E-state index is 12.4. The third kappa shape index (κ3) is 7.67. The van der Waals surface area contributed by atoms with Gasteiger partial charge in [-0.05, 0) is 67.9 Å². The monoisotopic (exact) mass is 462 g/mol. The molecule has 0 bridgehead atoms. The second kappa shape index (κ2) is 12.1. The van der Waals surface area contributed by atoms with Gasteiger partial charge in [0, 0.05) is 17.8 Å². The first-order valence-electron chi connectivity index (χ1n) is 10.7. The highest BCUT2D eigenvalue weighted by Crippen LogP contribution is 2.16. The molecule has 3 aromatic rings. The van der Waals surface area contributed by atoms with E-state index in [4.69, 9.17) is 14.2 Å². The van der Waals surface area contributed by atoms with Gasteiger partial charge in [0.05, 0.1) is 6.61 Å². The van der Waals surface area contributed by atoms with Crippen LogP contribution in [-0.4, -0.2) is 31.2 Å². The van der Waals surface area contributed by atoms with Crippen molar-refractivity contribution in [1.82, 2.24) is 5.32 Å². The summed E-state index contributed by atoms with van der Waals surface area (Å²) in [7, 11) is 0. The van der Waals surface area contributed by atoms with E-state index in [9.17, 15) is 14.4 Å². The quantitative estimate of drug-likeness (QED) is 0.359. The smallest absolute Gasteiger partial charge is 0.484 e. The molecule has 0 saturated carbocycles. The van der Waals surface area contributed by atoms with Crippen molar-refractivity contribution in [2.45, 2.75) is 20.4 Å². The Kier molecular flexibility index (Phi) is 8.62. The molecular formula is C26H26N2O6. The van der Waals surface area contributed by atoms with E-state index in [2.05, 4.69) is 10.6 Å².